The van der Waals surface area contributed by atoms with Crippen molar-refractivity contribution in [3.63, 3.8) is 0 Å². The SMILES string of the molecule is CCNC(=O)NC(=O)[C@@H](OC(=O)Cn1c(C)csc1=O)c1ccccc1. The number of benzene rings is 1. The number of aromatic nitrogens is 1. The molecule has 0 saturated heterocycles. The van der Waals surface area contributed by atoms with Gasteiger partial charge in [-0.25, -0.2) is 4.79 Å². The molecule has 138 valence electrons. The van der Waals surface area contributed by atoms with Crippen LogP contribution in [0.15, 0.2) is 40.5 Å². The van der Waals surface area contributed by atoms with Crippen LogP contribution in [0.25, 0.3) is 0 Å². The molecule has 0 unspecified atom stereocenters. The maximum absolute atomic E-state index is 12.4. The van der Waals surface area contributed by atoms with E-state index < -0.39 is 24.0 Å². The number of amides is 3. The Morgan fingerprint density at radius 1 is 1.23 bits per heavy atom. The first kappa shape index (κ1) is 19.4. The number of nitrogens with one attached hydrogen (secondary N) is 2. The Labute approximate surface area is 153 Å². The Kier molecular flexibility index (Phi) is 6.67. The predicted molar refractivity (Wildman–Crippen MR) is 95.8 cm³/mol. The third-order valence-corrected chi connectivity index (χ3v) is 4.31. The van der Waals surface area contributed by atoms with Gasteiger partial charge in [0.1, 0.15) is 6.54 Å². The fourth-order valence-corrected chi connectivity index (χ4v) is 2.91. The molecule has 2 N–H and O–H groups in total. The predicted octanol–water partition coefficient (Wildman–Crippen LogP) is 1.35. The second-order valence-electron chi connectivity index (χ2n) is 5.36. The molecule has 0 fully saturated rings. The molecule has 0 aliphatic carbocycles. The van der Waals surface area contributed by atoms with Crippen LogP contribution in [0.2, 0.25) is 0 Å². The number of ether oxygens (including phenoxy) is 1. The van der Waals surface area contributed by atoms with Gasteiger partial charge in [0.2, 0.25) is 6.10 Å². The Morgan fingerprint density at radius 3 is 2.50 bits per heavy atom. The number of carbonyl (C=O) groups is 3. The quantitative estimate of drug-likeness (QED) is 0.739. The summed E-state index contributed by atoms with van der Waals surface area (Å²) in [6, 6.07) is 7.65. The highest BCUT2D eigenvalue weighted by atomic mass is 32.1. The van der Waals surface area contributed by atoms with Crippen molar-refractivity contribution in [2.45, 2.75) is 26.5 Å². The monoisotopic (exact) mass is 377 g/mol. The Balaban J connectivity index is 2.16. The van der Waals surface area contributed by atoms with Crippen LogP contribution >= 0.6 is 11.3 Å². The highest BCUT2D eigenvalue weighted by Gasteiger charge is 2.26. The van der Waals surface area contributed by atoms with E-state index in [9.17, 15) is 19.2 Å². The van der Waals surface area contributed by atoms with Crippen LogP contribution in [0.5, 0.6) is 0 Å². The van der Waals surface area contributed by atoms with Gasteiger partial charge < -0.3 is 10.1 Å². The summed E-state index contributed by atoms with van der Waals surface area (Å²) in [5.74, 6) is -1.53. The molecule has 1 aromatic heterocycles. The smallest absolute Gasteiger partial charge is 0.327 e. The molecule has 2 rings (SSSR count). The lowest BCUT2D eigenvalue weighted by Gasteiger charge is -2.18. The topological polar surface area (TPSA) is 106 Å². The minimum atomic E-state index is -1.30. The van der Waals surface area contributed by atoms with Gasteiger partial charge in [0.15, 0.2) is 0 Å². The van der Waals surface area contributed by atoms with Gasteiger partial charge >= 0.3 is 16.9 Å². The van der Waals surface area contributed by atoms with Crippen molar-refractivity contribution in [2.24, 2.45) is 0 Å². The molecule has 1 atom stereocenters. The van der Waals surface area contributed by atoms with Gasteiger partial charge in [-0.1, -0.05) is 41.7 Å². The van der Waals surface area contributed by atoms with Crippen molar-refractivity contribution in [1.29, 1.82) is 0 Å². The highest BCUT2D eigenvalue weighted by molar-refractivity contribution is 7.07. The van der Waals surface area contributed by atoms with Crippen molar-refractivity contribution in [3.8, 4) is 0 Å². The average Bonchev–Trinajstić information content (AvgIpc) is 2.92. The van der Waals surface area contributed by atoms with Gasteiger partial charge in [-0.2, -0.15) is 0 Å². The lowest BCUT2D eigenvalue weighted by Crippen LogP contribution is -2.42. The molecule has 0 aliphatic rings. The maximum Gasteiger partial charge on any atom is 0.327 e. The van der Waals surface area contributed by atoms with E-state index in [1.807, 2.05) is 0 Å². The summed E-state index contributed by atoms with van der Waals surface area (Å²) in [5, 5.41) is 6.20. The number of thiazole rings is 1. The lowest BCUT2D eigenvalue weighted by atomic mass is 10.1. The maximum atomic E-state index is 12.4. The third-order valence-electron chi connectivity index (χ3n) is 3.43. The van der Waals surface area contributed by atoms with E-state index in [1.54, 1.807) is 49.6 Å². The fraction of sp³-hybridized carbons (Fsp3) is 0.294. The molecule has 26 heavy (non-hydrogen) atoms. The number of aryl methyl sites for hydroxylation is 1. The van der Waals surface area contributed by atoms with E-state index in [1.165, 1.54) is 4.57 Å². The summed E-state index contributed by atoms with van der Waals surface area (Å²) in [7, 11) is 0. The number of rotatable bonds is 6. The molecule has 0 spiro atoms. The second kappa shape index (κ2) is 8.95. The molecule has 1 heterocycles. The number of hydrogen-bond donors (Lipinski definition) is 2. The van der Waals surface area contributed by atoms with Gasteiger partial charge in [0.05, 0.1) is 0 Å². The van der Waals surface area contributed by atoms with E-state index >= 15 is 0 Å². The Bertz CT molecular complexity index is 844. The summed E-state index contributed by atoms with van der Waals surface area (Å²) < 4.78 is 6.54. The van der Waals surface area contributed by atoms with Gasteiger partial charge in [-0.05, 0) is 13.8 Å². The van der Waals surface area contributed by atoms with Crippen molar-refractivity contribution >= 4 is 29.2 Å². The van der Waals surface area contributed by atoms with Crippen LogP contribution in [-0.2, 0) is 20.9 Å². The number of urea groups is 1. The number of imide groups is 1. The van der Waals surface area contributed by atoms with Crippen molar-refractivity contribution < 1.29 is 19.1 Å². The number of nitrogens with zero attached hydrogens (tertiary/aromatic N) is 1. The van der Waals surface area contributed by atoms with Crippen molar-refractivity contribution in [1.82, 2.24) is 15.2 Å². The minimum Gasteiger partial charge on any atom is -0.446 e. The molecule has 0 bridgehead atoms. The van der Waals surface area contributed by atoms with E-state index in [0.29, 0.717) is 17.8 Å². The summed E-state index contributed by atoms with van der Waals surface area (Å²) in [4.78, 5) is 47.7. The Hall–Kier alpha value is -2.94. The summed E-state index contributed by atoms with van der Waals surface area (Å²) in [6.07, 6.45) is -1.30. The molecule has 0 radical (unpaired) electrons. The Morgan fingerprint density at radius 2 is 1.92 bits per heavy atom. The normalized spacial score (nSPS) is 11.5. The first-order chi connectivity index (χ1) is 12.4. The molecule has 0 saturated carbocycles. The van der Waals surface area contributed by atoms with Gasteiger partial charge in [-0.15, -0.1) is 0 Å². The summed E-state index contributed by atoms with van der Waals surface area (Å²) in [5.41, 5.74) is 1.04. The van der Waals surface area contributed by atoms with Gasteiger partial charge in [0, 0.05) is 23.2 Å². The third kappa shape index (κ3) is 5.03. The van der Waals surface area contributed by atoms with Crippen LogP contribution in [0.3, 0.4) is 0 Å². The van der Waals surface area contributed by atoms with E-state index in [-0.39, 0.29) is 11.4 Å². The van der Waals surface area contributed by atoms with Gasteiger partial charge in [-0.3, -0.25) is 24.3 Å². The van der Waals surface area contributed by atoms with Crippen molar-refractivity contribution in [2.75, 3.05) is 6.54 Å². The van der Waals surface area contributed by atoms with Gasteiger partial charge in [0.25, 0.3) is 5.91 Å². The zero-order valence-electron chi connectivity index (χ0n) is 14.4. The van der Waals surface area contributed by atoms with Crippen molar-refractivity contribution in [3.05, 3.63) is 56.6 Å². The second-order valence-corrected chi connectivity index (χ2v) is 6.18. The molecular weight excluding hydrogens is 358 g/mol. The van der Waals surface area contributed by atoms with Crippen LogP contribution in [0.4, 0.5) is 4.79 Å². The number of hydrogen-bond acceptors (Lipinski definition) is 6. The zero-order chi connectivity index (χ0) is 19.1. The molecule has 2 aromatic rings. The largest absolute Gasteiger partial charge is 0.446 e. The zero-order valence-corrected chi connectivity index (χ0v) is 15.2. The number of carbonyl (C=O) groups excluding carboxylic acids is 3. The van der Waals surface area contributed by atoms with Crippen LogP contribution in [0.1, 0.15) is 24.3 Å². The molecule has 8 nitrogen and oxygen atoms in total. The molecule has 0 aliphatic heterocycles. The molecular formula is C17H19N3O5S. The number of esters is 1. The van der Waals surface area contributed by atoms with Crippen LogP contribution in [-0.4, -0.2) is 29.0 Å². The van der Waals surface area contributed by atoms with Crippen LogP contribution < -0.4 is 15.5 Å². The highest BCUT2D eigenvalue weighted by Crippen LogP contribution is 2.18. The fourth-order valence-electron chi connectivity index (χ4n) is 2.18. The van der Waals surface area contributed by atoms with E-state index in [2.05, 4.69) is 10.6 Å². The van der Waals surface area contributed by atoms with E-state index in [0.717, 1.165) is 11.3 Å². The first-order valence-corrected chi connectivity index (χ1v) is 8.78. The summed E-state index contributed by atoms with van der Waals surface area (Å²) >= 11 is 0.976. The molecule has 3 amide bonds. The molecule has 1 aromatic carbocycles. The standard InChI is InChI=1S/C17H19N3O5S/c1-3-18-16(23)19-15(22)14(12-7-5-4-6-8-12)25-13(21)9-20-11(2)10-26-17(20)24/h4-8,10,14H,3,9H2,1-2H3,(H2,18,19,22,23)/t14-/m0/s1. The van der Waals surface area contributed by atoms with E-state index in [4.69, 9.17) is 4.74 Å². The average molecular weight is 377 g/mol. The summed E-state index contributed by atoms with van der Waals surface area (Å²) in [6.45, 7) is 3.43. The van der Waals surface area contributed by atoms with Crippen LogP contribution in [0, 0.1) is 6.92 Å². The minimum absolute atomic E-state index is 0.289. The molecule has 9 heteroatoms. The first-order valence-electron chi connectivity index (χ1n) is 7.90. The lowest BCUT2D eigenvalue weighted by molar-refractivity contribution is -0.156.